The van der Waals surface area contributed by atoms with Gasteiger partial charge >= 0.3 is 0 Å². The molecule has 0 amide bonds. The van der Waals surface area contributed by atoms with Gasteiger partial charge in [-0.1, -0.05) is 25.1 Å². The van der Waals surface area contributed by atoms with Crippen molar-refractivity contribution in [2.24, 2.45) is 5.41 Å². The van der Waals surface area contributed by atoms with Crippen molar-refractivity contribution < 1.29 is 9.32 Å². The van der Waals surface area contributed by atoms with E-state index >= 15 is 0 Å². The zero-order valence-corrected chi connectivity index (χ0v) is 12.4. The van der Waals surface area contributed by atoms with Gasteiger partial charge in [0.15, 0.2) is 0 Å². The molecule has 19 heavy (non-hydrogen) atoms. The fourth-order valence-corrected chi connectivity index (χ4v) is 3.77. The molecule has 2 atom stereocenters. The van der Waals surface area contributed by atoms with Crippen LogP contribution >= 0.6 is 0 Å². The maximum Gasteiger partial charge on any atom is 0.0542 e. The summed E-state index contributed by atoms with van der Waals surface area (Å²) in [5.41, 5.74) is 0.0203. The van der Waals surface area contributed by atoms with E-state index in [2.05, 4.69) is 11.8 Å². The van der Waals surface area contributed by atoms with Crippen LogP contribution in [0.25, 0.3) is 0 Å². The lowest BCUT2D eigenvalue weighted by atomic mass is 9.83. The van der Waals surface area contributed by atoms with E-state index in [1.165, 1.54) is 0 Å². The summed E-state index contributed by atoms with van der Waals surface area (Å²) in [6.07, 6.45) is 2.21. The number of rotatable bonds is 5. The van der Waals surface area contributed by atoms with Gasteiger partial charge in [0.05, 0.1) is 10.8 Å². The van der Waals surface area contributed by atoms with Crippen molar-refractivity contribution in [3.63, 3.8) is 0 Å². The summed E-state index contributed by atoms with van der Waals surface area (Å²) >= 11 is 0. The van der Waals surface area contributed by atoms with Crippen LogP contribution in [0.4, 0.5) is 0 Å². The summed E-state index contributed by atoms with van der Waals surface area (Å²) in [5, 5.41) is 9.44. The zero-order chi connectivity index (χ0) is 13.7. The third-order valence-electron chi connectivity index (χ3n) is 3.84. The SMILES string of the molecule is CC1(CO)CCCN(CCS(=O)c2ccccc2)C1. The average Bonchev–Trinajstić information content (AvgIpc) is 2.46. The van der Waals surface area contributed by atoms with Gasteiger partial charge in [-0.05, 0) is 31.5 Å². The number of aliphatic hydroxyl groups excluding tert-OH is 1. The lowest BCUT2D eigenvalue weighted by Crippen LogP contribution is -2.44. The third-order valence-corrected chi connectivity index (χ3v) is 5.19. The molecule has 1 saturated heterocycles. The van der Waals surface area contributed by atoms with Crippen LogP contribution in [0.3, 0.4) is 0 Å². The van der Waals surface area contributed by atoms with Crippen LogP contribution < -0.4 is 0 Å². The summed E-state index contributed by atoms with van der Waals surface area (Å²) in [5.74, 6) is 0.672. The van der Waals surface area contributed by atoms with Gasteiger partial charge in [0.2, 0.25) is 0 Å². The fourth-order valence-electron chi connectivity index (χ4n) is 2.65. The largest absolute Gasteiger partial charge is 0.396 e. The Balaban J connectivity index is 1.84. The molecule has 4 heteroatoms. The number of aliphatic hydroxyl groups is 1. The molecular formula is C15H23NO2S. The van der Waals surface area contributed by atoms with Crippen LogP contribution in [-0.4, -0.2) is 46.2 Å². The molecule has 1 aromatic carbocycles. The Morgan fingerprint density at radius 3 is 2.79 bits per heavy atom. The first-order chi connectivity index (χ1) is 9.13. The minimum atomic E-state index is -0.916. The van der Waals surface area contributed by atoms with Crippen molar-refractivity contribution in [2.75, 3.05) is 32.0 Å². The van der Waals surface area contributed by atoms with Gasteiger partial charge in [-0.15, -0.1) is 0 Å². The Morgan fingerprint density at radius 1 is 1.37 bits per heavy atom. The van der Waals surface area contributed by atoms with Gasteiger partial charge in [-0.2, -0.15) is 0 Å². The Hall–Kier alpha value is -0.710. The van der Waals surface area contributed by atoms with Crippen molar-refractivity contribution in [3.05, 3.63) is 30.3 Å². The van der Waals surface area contributed by atoms with Crippen molar-refractivity contribution in [3.8, 4) is 0 Å². The quantitative estimate of drug-likeness (QED) is 0.896. The molecule has 0 saturated carbocycles. The summed E-state index contributed by atoms with van der Waals surface area (Å²) in [6, 6.07) is 9.64. The van der Waals surface area contributed by atoms with Crippen LogP contribution in [0.1, 0.15) is 19.8 Å². The maximum atomic E-state index is 12.2. The molecule has 1 fully saturated rings. The Labute approximate surface area is 118 Å². The molecule has 0 bridgehead atoms. The number of hydrogen-bond donors (Lipinski definition) is 1. The smallest absolute Gasteiger partial charge is 0.0542 e. The van der Waals surface area contributed by atoms with Gasteiger partial charge < -0.3 is 10.0 Å². The molecule has 2 rings (SSSR count). The van der Waals surface area contributed by atoms with E-state index in [4.69, 9.17) is 0 Å². The summed E-state index contributed by atoms with van der Waals surface area (Å²) < 4.78 is 12.2. The third kappa shape index (κ3) is 4.13. The predicted molar refractivity (Wildman–Crippen MR) is 78.6 cm³/mol. The number of piperidine rings is 1. The Kier molecular flexibility index (Phi) is 5.13. The fraction of sp³-hybridized carbons (Fsp3) is 0.600. The molecule has 2 unspecified atom stereocenters. The average molecular weight is 281 g/mol. The van der Waals surface area contributed by atoms with Gasteiger partial charge in [0, 0.05) is 35.8 Å². The first-order valence-electron chi connectivity index (χ1n) is 6.90. The number of hydrogen-bond acceptors (Lipinski definition) is 3. The van der Waals surface area contributed by atoms with Crippen LogP contribution in [0.5, 0.6) is 0 Å². The topological polar surface area (TPSA) is 40.5 Å². The highest BCUT2D eigenvalue weighted by Crippen LogP contribution is 2.28. The summed E-state index contributed by atoms with van der Waals surface area (Å²) in [6.45, 7) is 5.19. The van der Waals surface area contributed by atoms with Gasteiger partial charge in [-0.3, -0.25) is 4.21 Å². The molecule has 1 aliphatic heterocycles. The lowest BCUT2D eigenvalue weighted by molar-refractivity contribution is 0.0497. The predicted octanol–water partition coefficient (Wildman–Crippen LogP) is 1.89. The van der Waals surface area contributed by atoms with Crippen LogP contribution in [0.15, 0.2) is 35.2 Å². The van der Waals surface area contributed by atoms with Crippen molar-refractivity contribution >= 4 is 10.8 Å². The first kappa shape index (κ1) is 14.7. The molecular weight excluding hydrogens is 258 g/mol. The van der Waals surface area contributed by atoms with E-state index in [9.17, 15) is 9.32 Å². The number of benzene rings is 1. The minimum absolute atomic E-state index is 0.0203. The highest BCUT2D eigenvalue weighted by molar-refractivity contribution is 7.85. The van der Waals surface area contributed by atoms with Crippen LogP contribution in [0, 0.1) is 5.41 Å². The molecule has 1 aliphatic rings. The lowest BCUT2D eigenvalue weighted by Gasteiger charge is -2.39. The first-order valence-corrected chi connectivity index (χ1v) is 8.21. The van der Waals surface area contributed by atoms with E-state index in [1.54, 1.807) is 0 Å². The van der Waals surface area contributed by atoms with Crippen molar-refractivity contribution in [1.29, 1.82) is 0 Å². The maximum absolute atomic E-state index is 12.2. The molecule has 0 aliphatic carbocycles. The summed E-state index contributed by atoms with van der Waals surface area (Å²) in [7, 11) is -0.916. The molecule has 1 aromatic rings. The minimum Gasteiger partial charge on any atom is -0.396 e. The normalized spacial score (nSPS) is 26.2. The van der Waals surface area contributed by atoms with Crippen molar-refractivity contribution in [2.45, 2.75) is 24.7 Å². The Morgan fingerprint density at radius 2 is 2.11 bits per heavy atom. The van der Waals surface area contributed by atoms with E-state index in [1.807, 2.05) is 30.3 Å². The van der Waals surface area contributed by atoms with E-state index < -0.39 is 10.8 Å². The Bertz CT molecular complexity index is 423. The molecule has 106 valence electrons. The zero-order valence-electron chi connectivity index (χ0n) is 11.5. The van der Waals surface area contributed by atoms with E-state index in [0.29, 0.717) is 5.75 Å². The molecule has 3 nitrogen and oxygen atoms in total. The monoisotopic (exact) mass is 281 g/mol. The second-order valence-corrected chi connectivity index (χ2v) is 7.28. The molecule has 0 radical (unpaired) electrons. The number of nitrogens with zero attached hydrogens (tertiary/aromatic N) is 1. The standard InChI is InChI=1S/C15H23NO2S/c1-15(13-17)8-5-9-16(12-15)10-11-19(18)14-6-3-2-4-7-14/h2-4,6-7,17H,5,8-13H2,1H3. The molecule has 1 N–H and O–H groups in total. The van der Waals surface area contributed by atoms with Crippen LogP contribution in [0.2, 0.25) is 0 Å². The van der Waals surface area contributed by atoms with Gasteiger partial charge in [-0.25, -0.2) is 0 Å². The molecule has 0 spiro atoms. The van der Waals surface area contributed by atoms with Gasteiger partial charge in [0.1, 0.15) is 0 Å². The van der Waals surface area contributed by atoms with E-state index in [-0.39, 0.29) is 12.0 Å². The van der Waals surface area contributed by atoms with Gasteiger partial charge in [0.25, 0.3) is 0 Å². The second-order valence-electron chi connectivity index (χ2n) is 5.71. The summed E-state index contributed by atoms with van der Waals surface area (Å²) in [4.78, 5) is 3.24. The highest BCUT2D eigenvalue weighted by Gasteiger charge is 2.30. The van der Waals surface area contributed by atoms with Crippen LogP contribution in [-0.2, 0) is 10.8 Å². The second kappa shape index (κ2) is 6.64. The molecule has 1 heterocycles. The molecule has 0 aromatic heterocycles. The highest BCUT2D eigenvalue weighted by atomic mass is 32.2. The van der Waals surface area contributed by atoms with Crippen molar-refractivity contribution in [1.82, 2.24) is 4.90 Å². The van der Waals surface area contributed by atoms with E-state index in [0.717, 1.165) is 37.4 Å². The number of likely N-dealkylation sites (tertiary alicyclic amines) is 1.